The first-order valence-electron chi connectivity index (χ1n) is 8.67. The van der Waals surface area contributed by atoms with Crippen LogP contribution in [0.15, 0.2) is 24.3 Å². The van der Waals surface area contributed by atoms with E-state index in [-0.39, 0.29) is 30.7 Å². The van der Waals surface area contributed by atoms with Crippen molar-refractivity contribution in [3.05, 3.63) is 29.8 Å². The number of rotatable bonds is 8. The van der Waals surface area contributed by atoms with E-state index >= 15 is 0 Å². The second-order valence-electron chi connectivity index (χ2n) is 6.28. The molecule has 0 spiro atoms. The van der Waals surface area contributed by atoms with E-state index in [1.54, 1.807) is 12.1 Å². The molecule has 1 amide bonds. The zero-order valence-corrected chi connectivity index (χ0v) is 16.4. The topological polar surface area (TPSA) is 69.8 Å². The van der Waals surface area contributed by atoms with Gasteiger partial charge in [0, 0.05) is 39.1 Å². The SMILES string of the molecule is Cl.Cl.NCCCCCCC(=O)N1CCN(Cc2cccc(O)c2)CC1. The number of amides is 1. The maximum Gasteiger partial charge on any atom is 0.222 e. The molecule has 1 aromatic rings. The fourth-order valence-electron chi connectivity index (χ4n) is 3.00. The number of carbonyl (C=O) groups excluding carboxylic acids is 1. The summed E-state index contributed by atoms with van der Waals surface area (Å²) >= 11 is 0. The zero-order chi connectivity index (χ0) is 16.5. The predicted molar refractivity (Wildman–Crippen MR) is 107 cm³/mol. The third-order valence-corrected chi connectivity index (χ3v) is 4.39. The third-order valence-electron chi connectivity index (χ3n) is 4.39. The molecule has 0 aromatic heterocycles. The average Bonchev–Trinajstić information content (AvgIpc) is 2.55. The Bertz CT molecular complexity index is 495. The van der Waals surface area contributed by atoms with Crippen molar-refractivity contribution in [1.82, 2.24) is 9.80 Å². The molecule has 25 heavy (non-hydrogen) atoms. The van der Waals surface area contributed by atoms with Gasteiger partial charge in [0.25, 0.3) is 0 Å². The number of nitrogens with zero attached hydrogens (tertiary/aromatic N) is 2. The number of benzene rings is 1. The molecule has 0 aliphatic carbocycles. The minimum Gasteiger partial charge on any atom is -0.508 e. The van der Waals surface area contributed by atoms with Gasteiger partial charge >= 0.3 is 0 Å². The lowest BCUT2D eigenvalue weighted by Crippen LogP contribution is -2.48. The van der Waals surface area contributed by atoms with E-state index in [1.807, 2.05) is 17.0 Å². The predicted octanol–water partition coefficient (Wildman–Crippen LogP) is 2.79. The molecule has 1 fully saturated rings. The lowest BCUT2D eigenvalue weighted by molar-refractivity contribution is -0.133. The van der Waals surface area contributed by atoms with Crippen LogP contribution in [-0.4, -0.2) is 53.5 Å². The number of halogens is 2. The normalized spacial score (nSPS) is 14.5. The summed E-state index contributed by atoms with van der Waals surface area (Å²) in [5.74, 6) is 0.598. The summed E-state index contributed by atoms with van der Waals surface area (Å²) < 4.78 is 0. The fraction of sp³-hybridized carbons (Fsp3) is 0.611. The van der Waals surface area contributed by atoms with Crippen molar-refractivity contribution in [2.24, 2.45) is 5.73 Å². The van der Waals surface area contributed by atoms with Gasteiger partial charge < -0.3 is 15.7 Å². The molecule has 0 radical (unpaired) electrons. The zero-order valence-electron chi connectivity index (χ0n) is 14.7. The lowest BCUT2D eigenvalue weighted by Gasteiger charge is -2.34. The summed E-state index contributed by atoms with van der Waals surface area (Å²) in [6.07, 6.45) is 4.92. The van der Waals surface area contributed by atoms with Crippen LogP contribution in [0, 0.1) is 0 Å². The summed E-state index contributed by atoms with van der Waals surface area (Å²) in [7, 11) is 0. The van der Waals surface area contributed by atoms with Gasteiger partial charge in [-0.2, -0.15) is 0 Å². The van der Waals surface area contributed by atoms with Gasteiger partial charge in [0.05, 0.1) is 0 Å². The second kappa shape index (κ2) is 13.2. The molecule has 1 aliphatic rings. The minimum absolute atomic E-state index is 0. The van der Waals surface area contributed by atoms with E-state index < -0.39 is 0 Å². The molecule has 144 valence electrons. The van der Waals surface area contributed by atoms with Crippen LogP contribution in [0.2, 0.25) is 0 Å². The van der Waals surface area contributed by atoms with Gasteiger partial charge in [-0.1, -0.05) is 25.0 Å². The van der Waals surface area contributed by atoms with Crippen LogP contribution in [0.3, 0.4) is 0 Å². The monoisotopic (exact) mass is 391 g/mol. The molecule has 0 atom stereocenters. The highest BCUT2D eigenvalue weighted by Crippen LogP contribution is 2.15. The molecular formula is C18H31Cl2N3O2. The van der Waals surface area contributed by atoms with Gasteiger partial charge in [-0.15, -0.1) is 24.8 Å². The molecule has 3 N–H and O–H groups in total. The first kappa shape index (κ1) is 24.0. The van der Waals surface area contributed by atoms with Gasteiger partial charge in [0.2, 0.25) is 5.91 Å². The number of hydrogen-bond acceptors (Lipinski definition) is 4. The van der Waals surface area contributed by atoms with Crippen molar-refractivity contribution in [2.75, 3.05) is 32.7 Å². The molecule has 0 saturated carbocycles. The van der Waals surface area contributed by atoms with Crippen LogP contribution in [-0.2, 0) is 11.3 Å². The Morgan fingerprint density at radius 3 is 2.36 bits per heavy atom. The Balaban J connectivity index is 0.00000288. The minimum atomic E-state index is 0. The number of piperazine rings is 1. The number of hydrogen-bond donors (Lipinski definition) is 2. The van der Waals surface area contributed by atoms with Crippen LogP contribution in [0.4, 0.5) is 0 Å². The van der Waals surface area contributed by atoms with Crippen LogP contribution >= 0.6 is 24.8 Å². The van der Waals surface area contributed by atoms with E-state index in [0.717, 1.165) is 70.5 Å². The standard InChI is InChI=1S/C18H29N3O2.2ClH/c19-9-4-2-1-3-8-18(23)21-12-10-20(11-13-21)15-16-6-5-7-17(22)14-16;;/h5-7,14,22H,1-4,8-13,15,19H2;2*1H. The maximum absolute atomic E-state index is 12.2. The Morgan fingerprint density at radius 1 is 1.04 bits per heavy atom. The number of carbonyl (C=O) groups is 1. The van der Waals surface area contributed by atoms with Crippen LogP contribution < -0.4 is 5.73 Å². The molecule has 0 unspecified atom stereocenters. The van der Waals surface area contributed by atoms with Crippen molar-refractivity contribution in [1.29, 1.82) is 0 Å². The molecular weight excluding hydrogens is 361 g/mol. The van der Waals surface area contributed by atoms with Crippen LogP contribution in [0.1, 0.15) is 37.7 Å². The first-order valence-corrected chi connectivity index (χ1v) is 8.67. The van der Waals surface area contributed by atoms with Gasteiger partial charge in [-0.05, 0) is 37.1 Å². The molecule has 1 saturated heterocycles. The van der Waals surface area contributed by atoms with Crippen molar-refractivity contribution >= 4 is 30.7 Å². The van der Waals surface area contributed by atoms with Crippen molar-refractivity contribution < 1.29 is 9.90 Å². The number of aromatic hydroxyl groups is 1. The number of phenolic OH excluding ortho intramolecular Hbond substituents is 1. The second-order valence-corrected chi connectivity index (χ2v) is 6.28. The van der Waals surface area contributed by atoms with Crippen molar-refractivity contribution in [3.8, 4) is 5.75 Å². The van der Waals surface area contributed by atoms with Gasteiger partial charge in [0.1, 0.15) is 5.75 Å². The van der Waals surface area contributed by atoms with E-state index in [4.69, 9.17) is 5.73 Å². The van der Waals surface area contributed by atoms with Crippen LogP contribution in [0.5, 0.6) is 5.75 Å². The Morgan fingerprint density at radius 2 is 1.72 bits per heavy atom. The third kappa shape index (κ3) is 8.77. The van der Waals surface area contributed by atoms with E-state index in [0.29, 0.717) is 12.2 Å². The van der Waals surface area contributed by atoms with E-state index in [9.17, 15) is 9.90 Å². The lowest BCUT2D eigenvalue weighted by atomic mass is 10.1. The molecule has 0 bridgehead atoms. The summed E-state index contributed by atoms with van der Waals surface area (Å²) in [5, 5.41) is 9.52. The number of phenols is 1. The summed E-state index contributed by atoms with van der Waals surface area (Å²) in [6, 6.07) is 7.39. The number of nitrogens with two attached hydrogens (primary N) is 1. The molecule has 1 aliphatic heterocycles. The largest absolute Gasteiger partial charge is 0.508 e. The van der Waals surface area contributed by atoms with Gasteiger partial charge in [-0.25, -0.2) is 0 Å². The highest BCUT2D eigenvalue weighted by Gasteiger charge is 2.20. The smallest absolute Gasteiger partial charge is 0.222 e. The Hall–Kier alpha value is -1.01. The molecule has 1 heterocycles. The number of unbranched alkanes of at least 4 members (excludes halogenated alkanes) is 3. The van der Waals surface area contributed by atoms with Gasteiger partial charge in [-0.3, -0.25) is 9.69 Å². The summed E-state index contributed by atoms with van der Waals surface area (Å²) in [5.41, 5.74) is 6.59. The Kier molecular flexibility index (Phi) is 12.7. The molecule has 7 heteroatoms. The highest BCUT2D eigenvalue weighted by atomic mass is 35.5. The van der Waals surface area contributed by atoms with Crippen LogP contribution in [0.25, 0.3) is 0 Å². The van der Waals surface area contributed by atoms with Gasteiger partial charge in [0.15, 0.2) is 0 Å². The van der Waals surface area contributed by atoms with E-state index in [2.05, 4.69) is 4.90 Å². The Labute approximate surface area is 163 Å². The van der Waals surface area contributed by atoms with Crippen molar-refractivity contribution in [2.45, 2.75) is 38.6 Å². The summed E-state index contributed by atoms with van der Waals surface area (Å²) in [6.45, 7) is 4.98. The quantitative estimate of drug-likeness (QED) is 0.668. The van der Waals surface area contributed by atoms with Crippen molar-refractivity contribution in [3.63, 3.8) is 0 Å². The molecule has 1 aromatic carbocycles. The highest BCUT2D eigenvalue weighted by molar-refractivity contribution is 5.85. The van der Waals surface area contributed by atoms with E-state index in [1.165, 1.54) is 0 Å². The molecule has 2 rings (SSSR count). The fourth-order valence-corrected chi connectivity index (χ4v) is 3.00. The summed E-state index contributed by atoms with van der Waals surface area (Å²) in [4.78, 5) is 16.5. The average molecular weight is 392 g/mol. The molecule has 5 nitrogen and oxygen atoms in total. The maximum atomic E-state index is 12.2. The first-order chi connectivity index (χ1) is 11.2.